The summed E-state index contributed by atoms with van der Waals surface area (Å²) in [6, 6.07) is 1.12. The molecule has 0 saturated heterocycles. The van der Waals surface area contributed by atoms with E-state index in [1.54, 1.807) is 0 Å². The van der Waals surface area contributed by atoms with Crippen LogP contribution in [0.2, 0.25) is 0 Å². The molecule has 1 rings (SSSR count). The smallest absolute Gasteiger partial charge is 0.0781 e. The Labute approximate surface area is 141 Å². The molecule has 0 amide bonds. The maximum atomic E-state index is 3.90. The Morgan fingerprint density at radius 2 is 1.45 bits per heavy atom. The van der Waals surface area contributed by atoms with E-state index in [0.717, 1.165) is 11.3 Å². The summed E-state index contributed by atoms with van der Waals surface area (Å²) in [7, 11) is 0.00110. The fourth-order valence-corrected chi connectivity index (χ4v) is 8.17. The summed E-state index contributed by atoms with van der Waals surface area (Å²) in [5, 5.41) is 7.80. The zero-order valence-electron chi connectivity index (χ0n) is 16.0. The van der Waals surface area contributed by atoms with E-state index in [9.17, 15) is 0 Å². The summed E-state index contributed by atoms with van der Waals surface area (Å²) in [5.74, 6) is 0.537. The average Bonchev–Trinajstić information content (AvgIpc) is 2.46. The first-order chi connectivity index (χ1) is 10.5. The first-order valence-corrected chi connectivity index (χ1v) is 11.3. The van der Waals surface area contributed by atoms with Crippen molar-refractivity contribution in [2.24, 2.45) is 0 Å². The number of rotatable bonds is 10. The molecule has 2 nitrogen and oxygen atoms in total. The average molecular weight is 329 g/mol. The van der Waals surface area contributed by atoms with Crippen LogP contribution in [0.4, 0.5) is 0 Å². The van der Waals surface area contributed by atoms with Crippen LogP contribution in [0.15, 0.2) is 0 Å². The van der Waals surface area contributed by atoms with Crippen molar-refractivity contribution < 1.29 is 0 Å². The van der Waals surface area contributed by atoms with Gasteiger partial charge >= 0.3 is 0 Å². The zero-order valence-corrected chi connectivity index (χ0v) is 16.9. The van der Waals surface area contributed by atoms with Crippen molar-refractivity contribution in [3.8, 4) is 0 Å². The Morgan fingerprint density at radius 1 is 0.909 bits per heavy atom. The van der Waals surface area contributed by atoms with E-state index in [2.05, 4.69) is 52.2 Å². The van der Waals surface area contributed by atoms with Gasteiger partial charge in [-0.3, -0.25) is 10.6 Å². The Bertz CT molecular complexity index is 260. The summed E-state index contributed by atoms with van der Waals surface area (Å²) in [6.07, 6.45) is 11.4. The van der Waals surface area contributed by atoms with Crippen LogP contribution in [0, 0.1) is 0 Å². The predicted molar refractivity (Wildman–Crippen MR) is 103 cm³/mol. The van der Waals surface area contributed by atoms with E-state index in [4.69, 9.17) is 0 Å². The van der Waals surface area contributed by atoms with Gasteiger partial charge < -0.3 is 0 Å². The zero-order chi connectivity index (χ0) is 16.5. The molecule has 0 aliphatic heterocycles. The topological polar surface area (TPSA) is 24.1 Å². The predicted octanol–water partition coefficient (Wildman–Crippen LogP) is 5.66. The lowest BCUT2D eigenvalue weighted by Gasteiger charge is -2.43. The van der Waals surface area contributed by atoms with Gasteiger partial charge in [0.05, 0.1) is 5.91 Å². The van der Waals surface area contributed by atoms with E-state index in [-0.39, 0.29) is 7.92 Å². The Morgan fingerprint density at radius 3 is 1.86 bits per heavy atom. The highest BCUT2D eigenvalue weighted by Crippen LogP contribution is 2.56. The van der Waals surface area contributed by atoms with E-state index in [1.807, 2.05) is 0 Å². The fraction of sp³-hybridized carbons (Fsp3) is 1.00. The summed E-state index contributed by atoms with van der Waals surface area (Å²) < 4.78 is 0. The monoisotopic (exact) mass is 328 g/mol. The van der Waals surface area contributed by atoms with E-state index in [0.29, 0.717) is 18.0 Å². The molecular formula is C19H41N2P. The van der Waals surface area contributed by atoms with Gasteiger partial charge in [0.25, 0.3) is 0 Å². The second kappa shape index (κ2) is 11.0. The first-order valence-electron chi connectivity index (χ1n) is 9.79. The molecule has 132 valence electrons. The van der Waals surface area contributed by atoms with Crippen molar-refractivity contribution in [2.45, 2.75) is 122 Å². The maximum Gasteiger partial charge on any atom is 0.0781 e. The fourth-order valence-electron chi connectivity index (χ4n) is 3.85. The maximum absolute atomic E-state index is 3.90. The molecule has 0 aromatic heterocycles. The minimum atomic E-state index is 0.00110. The molecule has 3 heteroatoms. The highest BCUT2D eigenvalue weighted by molar-refractivity contribution is 7.59. The molecular weight excluding hydrogens is 287 g/mol. The second-order valence-corrected chi connectivity index (χ2v) is 10.5. The van der Waals surface area contributed by atoms with Gasteiger partial charge in [-0.25, -0.2) is 0 Å². The highest BCUT2D eigenvalue weighted by Gasteiger charge is 2.35. The normalized spacial score (nSPS) is 20.0. The van der Waals surface area contributed by atoms with Crippen LogP contribution < -0.4 is 10.6 Å². The van der Waals surface area contributed by atoms with Gasteiger partial charge in [0.1, 0.15) is 0 Å². The second-order valence-electron chi connectivity index (χ2n) is 7.64. The van der Waals surface area contributed by atoms with Crippen molar-refractivity contribution in [2.75, 3.05) is 0 Å². The lowest BCUT2D eigenvalue weighted by Crippen LogP contribution is -2.49. The van der Waals surface area contributed by atoms with Crippen LogP contribution in [-0.2, 0) is 0 Å². The van der Waals surface area contributed by atoms with Crippen LogP contribution >= 0.6 is 7.92 Å². The third kappa shape index (κ3) is 6.85. The molecule has 22 heavy (non-hydrogen) atoms. The lowest BCUT2D eigenvalue weighted by atomic mass is 10.0. The highest BCUT2D eigenvalue weighted by atomic mass is 31.1. The largest absolute Gasteiger partial charge is 0.296 e. The number of hydrogen-bond acceptors (Lipinski definition) is 2. The standard InChI is InChI=1S/C19H41N2P/c1-7-12-17(8-2)22(18-13-10-9-11-14-18)19(20-15(3)4)21-16(5)6/h15-21H,7-14H2,1-6H3. The van der Waals surface area contributed by atoms with E-state index >= 15 is 0 Å². The molecule has 0 radical (unpaired) electrons. The molecule has 0 heterocycles. The Kier molecular flexibility index (Phi) is 10.2. The van der Waals surface area contributed by atoms with Crippen molar-refractivity contribution in [1.29, 1.82) is 0 Å². The number of hydrogen-bond donors (Lipinski definition) is 2. The lowest BCUT2D eigenvalue weighted by molar-refractivity contribution is 0.436. The molecule has 1 aliphatic carbocycles. The molecule has 2 atom stereocenters. The quantitative estimate of drug-likeness (QED) is 0.399. The van der Waals surface area contributed by atoms with Crippen molar-refractivity contribution in [3.63, 3.8) is 0 Å². The Balaban J connectivity index is 2.95. The molecule has 1 aliphatic rings. The van der Waals surface area contributed by atoms with Gasteiger partial charge in [-0.15, -0.1) is 0 Å². The van der Waals surface area contributed by atoms with Crippen LogP contribution in [0.1, 0.15) is 92.9 Å². The first kappa shape index (κ1) is 20.4. The molecule has 1 saturated carbocycles. The molecule has 1 fully saturated rings. The Hall–Kier alpha value is 0.350. The third-order valence-electron chi connectivity index (χ3n) is 4.79. The van der Waals surface area contributed by atoms with Crippen molar-refractivity contribution in [1.82, 2.24) is 10.6 Å². The van der Waals surface area contributed by atoms with Gasteiger partial charge in [-0.2, -0.15) is 0 Å². The summed E-state index contributed by atoms with van der Waals surface area (Å²) in [4.78, 5) is 0. The van der Waals surface area contributed by atoms with Gasteiger partial charge in [-0.05, 0) is 64.7 Å². The summed E-state index contributed by atoms with van der Waals surface area (Å²) in [6.45, 7) is 14.0. The van der Waals surface area contributed by atoms with Gasteiger partial charge in [0, 0.05) is 12.1 Å². The molecule has 0 aromatic rings. The molecule has 0 bridgehead atoms. The van der Waals surface area contributed by atoms with Gasteiger partial charge in [0.2, 0.25) is 0 Å². The molecule has 0 aromatic carbocycles. The summed E-state index contributed by atoms with van der Waals surface area (Å²) in [5.41, 5.74) is 1.90. The molecule has 0 spiro atoms. The third-order valence-corrected chi connectivity index (χ3v) is 8.51. The van der Waals surface area contributed by atoms with E-state index in [1.165, 1.54) is 51.4 Å². The van der Waals surface area contributed by atoms with Crippen molar-refractivity contribution in [3.05, 3.63) is 0 Å². The molecule has 2 unspecified atom stereocenters. The number of nitrogens with one attached hydrogen (secondary N) is 2. The van der Waals surface area contributed by atoms with Crippen molar-refractivity contribution >= 4 is 7.92 Å². The van der Waals surface area contributed by atoms with E-state index < -0.39 is 0 Å². The molecule has 2 N–H and O–H groups in total. The van der Waals surface area contributed by atoms with Crippen LogP contribution in [0.25, 0.3) is 0 Å². The summed E-state index contributed by atoms with van der Waals surface area (Å²) >= 11 is 0. The van der Waals surface area contributed by atoms with Crippen LogP contribution in [-0.4, -0.2) is 29.3 Å². The minimum Gasteiger partial charge on any atom is -0.296 e. The van der Waals surface area contributed by atoms with Gasteiger partial charge in [-0.1, -0.05) is 47.5 Å². The minimum absolute atomic E-state index is 0.00110. The van der Waals surface area contributed by atoms with Crippen LogP contribution in [0.5, 0.6) is 0 Å². The van der Waals surface area contributed by atoms with Gasteiger partial charge in [0.15, 0.2) is 0 Å². The SMILES string of the molecule is CCCC(CC)P(C1CCCCC1)C(NC(C)C)NC(C)C. The van der Waals surface area contributed by atoms with Crippen LogP contribution in [0.3, 0.4) is 0 Å².